The van der Waals surface area contributed by atoms with Crippen molar-refractivity contribution in [3.8, 4) is 0 Å². The maximum atomic E-state index is 12.5. The molecule has 0 bridgehead atoms. The standard InChI is InChI=1S/C37H39ClN2O5/c38-32-16-14-31(15-17-32)37(43)18-20-40(21-19-37)24-33-22-34(28-10-8-27(25-41)9-11-28)45-36(44-33)30-12-6-26(7-13-30)23-39-35(42)29-4-2-1-3-5-29/h1-17,33-34,36,41,43H,18-25H2,(H,39,42). The minimum Gasteiger partial charge on any atom is -0.392 e. The van der Waals surface area contributed by atoms with Crippen LogP contribution in [0.4, 0.5) is 0 Å². The molecule has 234 valence electrons. The molecule has 0 saturated carbocycles. The van der Waals surface area contributed by atoms with Gasteiger partial charge in [0.15, 0.2) is 6.29 Å². The Morgan fingerprint density at radius 2 is 1.49 bits per heavy atom. The van der Waals surface area contributed by atoms with Crippen molar-refractivity contribution in [1.82, 2.24) is 10.2 Å². The number of amides is 1. The molecular formula is C37H39ClN2O5. The van der Waals surface area contributed by atoms with E-state index in [-0.39, 0.29) is 24.7 Å². The van der Waals surface area contributed by atoms with Crippen LogP contribution < -0.4 is 5.32 Å². The molecule has 0 aromatic heterocycles. The molecule has 0 aliphatic carbocycles. The first-order valence-electron chi connectivity index (χ1n) is 15.5. The number of halogens is 1. The third kappa shape index (κ3) is 7.82. The van der Waals surface area contributed by atoms with Gasteiger partial charge in [0.05, 0.1) is 24.4 Å². The Kier molecular flexibility index (Phi) is 9.95. The Balaban J connectivity index is 1.12. The molecule has 45 heavy (non-hydrogen) atoms. The van der Waals surface area contributed by atoms with E-state index in [2.05, 4.69) is 10.2 Å². The van der Waals surface area contributed by atoms with Gasteiger partial charge in [-0.2, -0.15) is 0 Å². The van der Waals surface area contributed by atoms with Gasteiger partial charge in [0.25, 0.3) is 5.91 Å². The number of likely N-dealkylation sites (tertiary alicyclic amines) is 1. The summed E-state index contributed by atoms with van der Waals surface area (Å²) in [4.78, 5) is 14.8. The molecule has 2 fully saturated rings. The molecule has 2 heterocycles. The van der Waals surface area contributed by atoms with Crippen molar-refractivity contribution in [1.29, 1.82) is 0 Å². The highest BCUT2D eigenvalue weighted by molar-refractivity contribution is 6.30. The van der Waals surface area contributed by atoms with Crippen LogP contribution in [0.5, 0.6) is 0 Å². The minimum atomic E-state index is -0.862. The van der Waals surface area contributed by atoms with Crippen LogP contribution >= 0.6 is 11.6 Å². The Morgan fingerprint density at radius 1 is 0.844 bits per heavy atom. The van der Waals surface area contributed by atoms with Crippen molar-refractivity contribution in [3.05, 3.63) is 142 Å². The Labute approximate surface area is 269 Å². The number of carbonyl (C=O) groups excluding carboxylic acids is 1. The van der Waals surface area contributed by atoms with E-state index < -0.39 is 11.9 Å². The highest BCUT2D eigenvalue weighted by atomic mass is 35.5. The van der Waals surface area contributed by atoms with Gasteiger partial charge in [-0.05, 0) is 59.4 Å². The second-order valence-electron chi connectivity index (χ2n) is 12.0. The molecule has 3 unspecified atom stereocenters. The van der Waals surface area contributed by atoms with E-state index in [1.165, 1.54) is 0 Å². The summed E-state index contributed by atoms with van der Waals surface area (Å²) in [6.07, 6.45) is 1.14. The third-order valence-corrected chi connectivity index (χ3v) is 9.13. The lowest BCUT2D eigenvalue weighted by atomic mass is 9.84. The molecule has 3 N–H and O–H groups in total. The van der Waals surface area contributed by atoms with E-state index in [4.69, 9.17) is 21.1 Å². The lowest BCUT2D eigenvalue weighted by Gasteiger charge is -2.42. The van der Waals surface area contributed by atoms with Gasteiger partial charge in [-0.25, -0.2) is 0 Å². The van der Waals surface area contributed by atoms with E-state index in [9.17, 15) is 15.0 Å². The summed E-state index contributed by atoms with van der Waals surface area (Å²) in [5, 5.41) is 24.5. The van der Waals surface area contributed by atoms with Crippen LogP contribution in [0, 0.1) is 0 Å². The average molecular weight is 627 g/mol. The largest absolute Gasteiger partial charge is 0.392 e. The van der Waals surface area contributed by atoms with Crippen LogP contribution in [0.25, 0.3) is 0 Å². The molecule has 8 heteroatoms. The fourth-order valence-electron chi connectivity index (χ4n) is 6.14. The van der Waals surface area contributed by atoms with Crippen LogP contribution in [-0.2, 0) is 28.2 Å². The lowest BCUT2D eigenvalue weighted by Crippen LogP contribution is -2.46. The summed E-state index contributed by atoms with van der Waals surface area (Å²) in [6, 6.07) is 32.5. The predicted molar refractivity (Wildman–Crippen MR) is 173 cm³/mol. The molecule has 0 radical (unpaired) electrons. The van der Waals surface area contributed by atoms with E-state index in [1.54, 1.807) is 12.1 Å². The number of aliphatic hydroxyl groups is 2. The van der Waals surface area contributed by atoms with Crippen molar-refractivity contribution < 1.29 is 24.5 Å². The number of nitrogens with zero attached hydrogens (tertiary/aromatic N) is 1. The summed E-state index contributed by atoms with van der Waals surface area (Å²) in [6.45, 7) is 2.65. The van der Waals surface area contributed by atoms with E-state index in [0.717, 1.165) is 47.5 Å². The van der Waals surface area contributed by atoms with Gasteiger partial charge >= 0.3 is 0 Å². The molecule has 6 rings (SSSR count). The smallest absolute Gasteiger partial charge is 0.251 e. The highest BCUT2D eigenvalue weighted by Crippen LogP contribution is 2.39. The van der Waals surface area contributed by atoms with Crippen LogP contribution in [0.15, 0.2) is 103 Å². The predicted octanol–water partition coefficient (Wildman–Crippen LogP) is 6.29. The summed E-state index contributed by atoms with van der Waals surface area (Å²) < 4.78 is 13.1. The molecule has 2 aliphatic heterocycles. The van der Waals surface area contributed by atoms with Crippen molar-refractivity contribution in [2.45, 2.75) is 56.5 Å². The molecule has 2 aliphatic rings. The first-order valence-corrected chi connectivity index (χ1v) is 15.9. The minimum absolute atomic E-state index is 0.00432. The van der Waals surface area contributed by atoms with Gasteiger partial charge in [0.1, 0.15) is 0 Å². The topological polar surface area (TPSA) is 91.3 Å². The van der Waals surface area contributed by atoms with Crippen molar-refractivity contribution >= 4 is 17.5 Å². The van der Waals surface area contributed by atoms with E-state index >= 15 is 0 Å². The van der Waals surface area contributed by atoms with Crippen molar-refractivity contribution in [2.75, 3.05) is 19.6 Å². The van der Waals surface area contributed by atoms with Crippen LogP contribution in [0.3, 0.4) is 0 Å². The Morgan fingerprint density at radius 3 is 2.16 bits per heavy atom. The van der Waals surface area contributed by atoms with Gasteiger partial charge in [-0.3, -0.25) is 4.79 Å². The number of carbonyl (C=O) groups is 1. The van der Waals surface area contributed by atoms with Gasteiger partial charge in [0.2, 0.25) is 0 Å². The van der Waals surface area contributed by atoms with Gasteiger partial charge in [-0.1, -0.05) is 90.5 Å². The normalized spacial score (nSPS) is 21.7. The van der Waals surface area contributed by atoms with E-state index in [1.807, 2.05) is 91.0 Å². The number of rotatable bonds is 9. The monoisotopic (exact) mass is 626 g/mol. The fraction of sp³-hybridized carbons (Fsp3) is 0.324. The molecule has 4 aromatic rings. The summed E-state index contributed by atoms with van der Waals surface area (Å²) in [5.74, 6) is -0.110. The second kappa shape index (κ2) is 14.3. The van der Waals surface area contributed by atoms with Gasteiger partial charge in [0, 0.05) is 48.7 Å². The van der Waals surface area contributed by atoms with Crippen LogP contribution in [0.1, 0.15) is 69.8 Å². The first-order chi connectivity index (χ1) is 21.9. The molecule has 4 aromatic carbocycles. The quantitative estimate of drug-likeness (QED) is 0.202. The van der Waals surface area contributed by atoms with Crippen LogP contribution in [0.2, 0.25) is 5.02 Å². The number of benzene rings is 4. The zero-order valence-corrected chi connectivity index (χ0v) is 25.9. The molecule has 1 amide bonds. The number of ether oxygens (including phenoxy) is 2. The number of hydrogen-bond acceptors (Lipinski definition) is 6. The van der Waals surface area contributed by atoms with Crippen molar-refractivity contribution in [3.63, 3.8) is 0 Å². The zero-order chi connectivity index (χ0) is 31.2. The van der Waals surface area contributed by atoms with E-state index in [0.29, 0.717) is 36.4 Å². The lowest BCUT2D eigenvalue weighted by molar-refractivity contribution is -0.253. The van der Waals surface area contributed by atoms with Gasteiger partial charge in [-0.15, -0.1) is 0 Å². The highest BCUT2D eigenvalue weighted by Gasteiger charge is 2.37. The van der Waals surface area contributed by atoms with Gasteiger partial charge < -0.3 is 29.9 Å². The fourth-order valence-corrected chi connectivity index (χ4v) is 6.27. The SMILES string of the molecule is O=C(NCc1ccc(C2OC(CN3CCC(O)(c4ccc(Cl)cc4)CC3)CC(c3ccc(CO)cc3)O2)cc1)c1ccccc1. The number of hydrogen-bond donors (Lipinski definition) is 3. The summed E-state index contributed by atoms with van der Waals surface area (Å²) in [5.41, 5.74) is 4.46. The second-order valence-corrected chi connectivity index (χ2v) is 12.4. The number of nitrogens with one attached hydrogen (secondary N) is 1. The third-order valence-electron chi connectivity index (χ3n) is 8.88. The molecule has 3 atom stereocenters. The average Bonchev–Trinajstić information content (AvgIpc) is 3.09. The number of piperidine rings is 1. The first kappa shape index (κ1) is 31.4. The van der Waals surface area contributed by atoms with Crippen LogP contribution in [-0.4, -0.2) is 46.8 Å². The molecule has 7 nitrogen and oxygen atoms in total. The molecule has 2 saturated heterocycles. The molecule has 0 spiro atoms. The summed E-state index contributed by atoms with van der Waals surface area (Å²) >= 11 is 6.07. The molecular weight excluding hydrogens is 588 g/mol. The number of aliphatic hydroxyl groups excluding tert-OH is 1. The Hall–Kier alpha value is -3.56. The maximum Gasteiger partial charge on any atom is 0.251 e. The zero-order valence-electron chi connectivity index (χ0n) is 25.1. The maximum absolute atomic E-state index is 12.5. The Bertz CT molecular complexity index is 1540. The van der Waals surface area contributed by atoms with Crippen molar-refractivity contribution in [2.24, 2.45) is 0 Å². The summed E-state index contributed by atoms with van der Waals surface area (Å²) in [7, 11) is 0.